The first-order chi connectivity index (χ1) is 14.8. The van der Waals surface area contributed by atoms with Gasteiger partial charge in [0.25, 0.3) is 0 Å². The van der Waals surface area contributed by atoms with E-state index < -0.39 is 15.6 Å². The number of fused-ring (bicyclic) bond motifs is 1. The van der Waals surface area contributed by atoms with Crippen LogP contribution in [0, 0.1) is 5.92 Å². The smallest absolute Gasteiger partial charge is 0.408 e. The van der Waals surface area contributed by atoms with Crippen LogP contribution in [0.3, 0.4) is 0 Å². The molecule has 3 aromatic rings. The molecule has 1 saturated heterocycles. The Morgan fingerprint density at radius 3 is 2.55 bits per heavy atom. The lowest BCUT2D eigenvalue weighted by Gasteiger charge is -2.32. The van der Waals surface area contributed by atoms with Crippen LogP contribution >= 0.6 is 0 Å². The molecule has 0 aliphatic carbocycles. The summed E-state index contributed by atoms with van der Waals surface area (Å²) in [6.45, 7) is 1.59. The van der Waals surface area contributed by atoms with Crippen molar-refractivity contribution in [2.24, 2.45) is 5.92 Å². The highest BCUT2D eigenvalue weighted by atomic mass is 32.2. The molecule has 1 aliphatic heterocycles. The zero-order chi connectivity index (χ0) is 22.0. The van der Waals surface area contributed by atoms with Crippen molar-refractivity contribution in [3.63, 3.8) is 0 Å². The number of aromatic amines is 1. The number of aromatic nitrogens is 1. The van der Waals surface area contributed by atoms with Gasteiger partial charge in [-0.25, -0.2) is 13.2 Å². The third-order valence-corrected chi connectivity index (χ3v) is 6.84. The maximum Gasteiger partial charge on any atom is 0.417 e. The number of anilines is 1. The maximum absolute atomic E-state index is 12.6. The molecule has 0 atom stereocenters. The molecule has 9 heteroatoms. The summed E-state index contributed by atoms with van der Waals surface area (Å²) >= 11 is 0. The number of rotatable bonds is 6. The summed E-state index contributed by atoms with van der Waals surface area (Å²) in [5.74, 6) is 0.00370. The average molecular weight is 444 g/mol. The zero-order valence-electron chi connectivity index (χ0n) is 17.3. The van der Waals surface area contributed by atoms with Crippen LogP contribution in [-0.4, -0.2) is 50.1 Å². The normalized spacial score (nSPS) is 15.3. The van der Waals surface area contributed by atoms with Gasteiger partial charge in [-0.2, -0.15) is 0 Å². The number of amides is 1. The van der Waals surface area contributed by atoms with E-state index in [9.17, 15) is 18.0 Å². The molecule has 1 aliphatic rings. The quantitative estimate of drug-likeness (QED) is 0.605. The Labute approximate surface area is 180 Å². The van der Waals surface area contributed by atoms with Gasteiger partial charge in [-0.05, 0) is 55.0 Å². The lowest BCUT2D eigenvalue weighted by molar-refractivity contribution is -0.130. The molecule has 2 N–H and O–H groups in total. The van der Waals surface area contributed by atoms with Crippen LogP contribution in [0.15, 0.2) is 56.6 Å². The SMILES string of the molecule is CS(=O)(=O)c1ccc(CC2CCN(C(=O)CNc3ccc4[nH]c(=O)oc4c3)CC2)cc1. The number of likely N-dealkylation sites (tertiary alicyclic amines) is 1. The number of sulfone groups is 1. The van der Waals surface area contributed by atoms with E-state index in [-0.39, 0.29) is 12.5 Å². The minimum atomic E-state index is -3.18. The van der Waals surface area contributed by atoms with Crippen LogP contribution in [0.4, 0.5) is 5.69 Å². The molecule has 0 spiro atoms. The van der Waals surface area contributed by atoms with E-state index in [4.69, 9.17) is 4.42 Å². The second-order valence-electron chi connectivity index (χ2n) is 8.02. The number of nitrogens with one attached hydrogen (secondary N) is 2. The number of H-pyrrole nitrogens is 1. The summed E-state index contributed by atoms with van der Waals surface area (Å²) in [6.07, 6.45) is 3.92. The number of nitrogens with zero attached hydrogens (tertiary/aromatic N) is 1. The van der Waals surface area contributed by atoms with E-state index in [1.165, 1.54) is 6.26 Å². The van der Waals surface area contributed by atoms with Crippen LogP contribution < -0.4 is 11.1 Å². The predicted molar refractivity (Wildman–Crippen MR) is 118 cm³/mol. The van der Waals surface area contributed by atoms with Gasteiger partial charge < -0.3 is 14.6 Å². The van der Waals surface area contributed by atoms with Crippen molar-refractivity contribution in [2.45, 2.75) is 24.2 Å². The molecule has 8 nitrogen and oxygen atoms in total. The van der Waals surface area contributed by atoms with Gasteiger partial charge in [-0.3, -0.25) is 9.78 Å². The highest BCUT2D eigenvalue weighted by Gasteiger charge is 2.23. The van der Waals surface area contributed by atoms with Gasteiger partial charge in [0.15, 0.2) is 15.4 Å². The molecule has 1 fully saturated rings. The first-order valence-electron chi connectivity index (χ1n) is 10.2. The Bertz CT molecular complexity index is 1240. The van der Waals surface area contributed by atoms with Gasteiger partial charge >= 0.3 is 5.76 Å². The average Bonchev–Trinajstić information content (AvgIpc) is 3.11. The minimum absolute atomic E-state index is 0.0339. The standard InChI is InChI=1S/C22H25N3O5S/c1-31(28,29)18-5-2-15(3-6-18)12-16-8-10-25(11-9-16)21(26)14-23-17-4-7-19-20(13-17)30-22(27)24-19/h2-7,13,16,23H,8-12,14H2,1H3,(H,24,27). The number of piperidine rings is 1. The Balaban J connectivity index is 1.26. The molecule has 2 aromatic carbocycles. The van der Waals surface area contributed by atoms with Crippen molar-refractivity contribution in [2.75, 3.05) is 31.2 Å². The highest BCUT2D eigenvalue weighted by molar-refractivity contribution is 7.90. The molecule has 31 heavy (non-hydrogen) atoms. The molecule has 0 radical (unpaired) electrons. The lowest BCUT2D eigenvalue weighted by atomic mass is 9.90. The Kier molecular flexibility index (Phi) is 5.86. The molecule has 1 amide bonds. The van der Waals surface area contributed by atoms with E-state index in [0.29, 0.717) is 35.0 Å². The maximum atomic E-state index is 12.6. The monoisotopic (exact) mass is 443 g/mol. The van der Waals surface area contributed by atoms with Crippen molar-refractivity contribution in [1.82, 2.24) is 9.88 Å². The Morgan fingerprint density at radius 1 is 1.16 bits per heavy atom. The molecule has 164 valence electrons. The molecule has 0 saturated carbocycles. The van der Waals surface area contributed by atoms with E-state index in [0.717, 1.165) is 30.5 Å². The topological polar surface area (TPSA) is 112 Å². The number of hydrogen-bond donors (Lipinski definition) is 2. The van der Waals surface area contributed by atoms with Crippen molar-refractivity contribution >= 4 is 32.5 Å². The fourth-order valence-electron chi connectivity index (χ4n) is 3.94. The van der Waals surface area contributed by atoms with E-state index in [2.05, 4.69) is 10.3 Å². The summed E-state index contributed by atoms with van der Waals surface area (Å²) in [6, 6.07) is 12.3. The number of carbonyl (C=O) groups is 1. The van der Waals surface area contributed by atoms with E-state index in [1.807, 2.05) is 17.0 Å². The second-order valence-corrected chi connectivity index (χ2v) is 10.0. The highest BCUT2D eigenvalue weighted by Crippen LogP contribution is 2.23. The molecule has 0 bridgehead atoms. The predicted octanol–water partition coefficient (Wildman–Crippen LogP) is 2.42. The van der Waals surface area contributed by atoms with Crippen molar-refractivity contribution in [3.05, 3.63) is 58.6 Å². The molecule has 1 aromatic heterocycles. The number of hydrogen-bond acceptors (Lipinski definition) is 6. The second kappa shape index (κ2) is 8.58. The van der Waals surface area contributed by atoms with Crippen LogP contribution in [0.5, 0.6) is 0 Å². The molecular weight excluding hydrogens is 418 g/mol. The van der Waals surface area contributed by atoms with Crippen LogP contribution in [0.25, 0.3) is 11.1 Å². The lowest BCUT2D eigenvalue weighted by Crippen LogP contribution is -2.41. The first kappa shape index (κ1) is 21.2. The van der Waals surface area contributed by atoms with E-state index >= 15 is 0 Å². The molecule has 2 heterocycles. The van der Waals surface area contributed by atoms with Gasteiger partial charge in [0.1, 0.15) is 0 Å². The fraction of sp³-hybridized carbons (Fsp3) is 0.364. The number of carbonyl (C=O) groups excluding carboxylic acids is 1. The molecule has 4 rings (SSSR count). The third-order valence-electron chi connectivity index (χ3n) is 5.71. The summed E-state index contributed by atoms with van der Waals surface area (Å²) in [7, 11) is -3.18. The van der Waals surface area contributed by atoms with Gasteiger partial charge in [0.05, 0.1) is 17.0 Å². The Morgan fingerprint density at radius 2 is 1.87 bits per heavy atom. The summed E-state index contributed by atoms with van der Waals surface area (Å²) in [4.78, 5) is 28.6. The van der Waals surface area contributed by atoms with Gasteiger partial charge in [-0.15, -0.1) is 0 Å². The third kappa shape index (κ3) is 5.16. The van der Waals surface area contributed by atoms with Crippen LogP contribution in [0.2, 0.25) is 0 Å². The van der Waals surface area contributed by atoms with E-state index in [1.54, 1.807) is 30.3 Å². The van der Waals surface area contributed by atoms with Crippen molar-refractivity contribution in [1.29, 1.82) is 0 Å². The van der Waals surface area contributed by atoms with Crippen LogP contribution in [-0.2, 0) is 21.1 Å². The Hall–Kier alpha value is -3.07. The van der Waals surface area contributed by atoms with Gasteiger partial charge in [-0.1, -0.05) is 12.1 Å². The van der Waals surface area contributed by atoms with Gasteiger partial charge in [0.2, 0.25) is 5.91 Å². The minimum Gasteiger partial charge on any atom is -0.408 e. The van der Waals surface area contributed by atoms with Crippen molar-refractivity contribution in [3.8, 4) is 0 Å². The van der Waals surface area contributed by atoms with Gasteiger partial charge in [0, 0.05) is 31.1 Å². The fourth-order valence-corrected chi connectivity index (χ4v) is 4.57. The summed E-state index contributed by atoms with van der Waals surface area (Å²) < 4.78 is 28.2. The largest absolute Gasteiger partial charge is 0.417 e. The number of oxazole rings is 1. The zero-order valence-corrected chi connectivity index (χ0v) is 18.1. The van der Waals surface area contributed by atoms with Crippen LogP contribution in [0.1, 0.15) is 18.4 Å². The summed E-state index contributed by atoms with van der Waals surface area (Å²) in [5.41, 5.74) is 2.91. The van der Waals surface area contributed by atoms with Crippen molar-refractivity contribution < 1.29 is 17.6 Å². The summed E-state index contributed by atoms with van der Waals surface area (Å²) in [5, 5.41) is 3.10. The first-order valence-corrected chi connectivity index (χ1v) is 12.1. The molecular formula is C22H25N3O5S. The number of benzene rings is 2. The molecule has 0 unspecified atom stereocenters.